The SMILES string of the molecule is CC(C)(C)OC(=O)N1C(=O)C[C@H](O[Si](c2ccccc2)(c2ccccc2)C(C)(C)C)[C@H]1CN=[N+]=[N-]. The summed E-state index contributed by atoms with van der Waals surface area (Å²) in [4.78, 5) is 30.1. The second-order valence-corrected chi connectivity index (χ2v) is 15.0. The molecule has 8 nitrogen and oxygen atoms in total. The minimum Gasteiger partial charge on any atom is -0.443 e. The summed E-state index contributed by atoms with van der Waals surface area (Å²) in [6.45, 7) is 11.6. The minimum absolute atomic E-state index is 0.00461. The lowest BCUT2D eigenvalue weighted by molar-refractivity contribution is -0.128. The molecule has 1 saturated heterocycles. The number of hydrogen-bond acceptors (Lipinski definition) is 5. The van der Waals surface area contributed by atoms with Crippen molar-refractivity contribution in [2.24, 2.45) is 5.11 Å². The molecule has 0 N–H and O–H groups in total. The highest BCUT2D eigenvalue weighted by atomic mass is 28.4. The number of carbonyl (C=O) groups is 2. The molecule has 0 unspecified atom stereocenters. The average Bonchev–Trinajstić information content (AvgIpc) is 3.09. The normalized spacial score (nSPS) is 18.8. The van der Waals surface area contributed by atoms with Crippen molar-refractivity contribution in [3.63, 3.8) is 0 Å². The third-order valence-electron chi connectivity index (χ3n) is 6.07. The van der Waals surface area contributed by atoms with E-state index >= 15 is 0 Å². The fourth-order valence-electron chi connectivity index (χ4n) is 4.66. The molecule has 1 fully saturated rings. The number of hydrogen-bond donors (Lipinski definition) is 0. The van der Waals surface area contributed by atoms with Crippen LogP contribution in [0, 0.1) is 0 Å². The van der Waals surface area contributed by atoms with Gasteiger partial charge in [-0.2, -0.15) is 0 Å². The molecule has 0 spiro atoms. The summed E-state index contributed by atoms with van der Waals surface area (Å²) in [7, 11) is -3.00. The van der Waals surface area contributed by atoms with Gasteiger partial charge in [-0.3, -0.25) is 4.79 Å². The van der Waals surface area contributed by atoms with Gasteiger partial charge in [0.2, 0.25) is 5.91 Å². The summed E-state index contributed by atoms with van der Waals surface area (Å²) < 4.78 is 12.6. The molecule has 0 aromatic heterocycles. The molecule has 1 aliphatic rings. The van der Waals surface area contributed by atoms with Crippen LogP contribution in [-0.4, -0.2) is 49.5 Å². The van der Waals surface area contributed by atoms with Crippen LogP contribution in [0.4, 0.5) is 4.79 Å². The molecular formula is C26H34N4O4Si. The van der Waals surface area contributed by atoms with E-state index in [4.69, 9.17) is 14.7 Å². The standard InChI is InChI=1S/C26H34N4O4Si/c1-25(2,3)33-24(32)30-21(18-28-29-27)22(17-23(30)31)34-35(26(4,5)6,19-13-9-7-10-14-19)20-15-11-8-12-16-20/h7-16,21-22H,17-18H2,1-6H3/t21-,22+/m1/s1. The van der Waals surface area contributed by atoms with Crippen LogP contribution in [0.1, 0.15) is 48.0 Å². The van der Waals surface area contributed by atoms with Crippen molar-refractivity contribution in [2.45, 2.75) is 70.7 Å². The van der Waals surface area contributed by atoms with Gasteiger partial charge in [0.15, 0.2) is 0 Å². The second kappa shape index (κ2) is 10.2. The third-order valence-corrected chi connectivity index (χ3v) is 11.1. The van der Waals surface area contributed by atoms with E-state index < -0.39 is 38.1 Å². The highest BCUT2D eigenvalue weighted by Crippen LogP contribution is 2.40. The van der Waals surface area contributed by atoms with Gasteiger partial charge < -0.3 is 9.16 Å². The molecule has 1 heterocycles. The average molecular weight is 495 g/mol. The molecule has 2 amide bonds. The zero-order valence-corrected chi connectivity index (χ0v) is 22.3. The Hall–Kier alpha value is -3.13. The smallest absolute Gasteiger partial charge is 0.417 e. The number of nitrogens with zero attached hydrogens (tertiary/aromatic N) is 4. The molecule has 2 aromatic carbocycles. The van der Waals surface area contributed by atoms with Crippen molar-refractivity contribution in [1.29, 1.82) is 0 Å². The molecule has 186 valence electrons. The summed E-state index contributed by atoms with van der Waals surface area (Å²) in [6, 6.07) is 19.4. The Kier molecular flexibility index (Phi) is 7.74. The van der Waals surface area contributed by atoms with Gasteiger partial charge in [0, 0.05) is 11.5 Å². The van der Waals surface area contributed by atoms with Crippen LogP contribution in [0.15, 0.2) is 65.8 Å². The molecule has 9 heteroatoms. The van der Waals surface area contributed by atoms with E-state index in [1.807, 2.05) is 36.4 Å². The number of carbonyl (C=O) groups excluding carboxylic acids is 2. The second-order valence-electron chi connectivity index (χ2n) is 10.7. The predicted octanol–water partition coefficient (Wildman–Crippen LogP) is 4.78. The van der Waals surface area contributed by atoms with Gasteiger partial charge in [0.25, 0.3) is 8.32 Å². The molecule has 1 aliphatic heterocycles. The van der Waals surface area contributed by atoms with Crippen molar-refractivity contribution >= 4 is 30.7 Å². The Morgan fingerprint density at radius 3 is 1.97 bits per heavy atom. The first kappa shape index (κ1) is 26.5. The largest absolute Gasteiger partial charge is 0.443 e. The highest BCUT2D eigenvalue weighted by molar-refractivity contribution is 6.99. The van der Waals surface area contributed by atoms with Crippen LogP contribution in [0.3, 0.4) is 0 Å². The number of likely N-dealkylation sites (tertiary alicyclic amines) is 1. The van der Waals surface area contributed by atoms with E-state index in [0.29, 0.717) is 0 Å². The van der Waals surface area contributed by atoms with E-state index in [-0.39, 0.29) is 18.0 Å². The van der Waals surface area contributed by atoms with E-state index in [1.165, 1.54) is 0 Å². The number of ether oxygens (including phenoxy) is 1. The van der Waals surface area contributed by atoms with Gasteiger partial charge in [-0.25, -0.2) is 9.69 Å². The van der Waals surface area contributed by atoms with E-state index in [1.54, 1.807) is 20.8 Å². The van der Waals surface area contributed by atoms with Gasteiger partial charge in [0.05, 0.1) is 18.6 Å². The van der Waals surface area contributed by atoms with Crippen LogP contribution >= 0.6 is 0 Å². The summed E-state index contributed by atoms with van der Waals surface area (Å²) in [6.07, 6.45) is -1.42. The van der Waals surface area contributed by atoms with Crippen molar-refractivity contribution in [2.75, 3.05) is 6.54 Å². The van der Waals surface area contributed by atoms with Crippen LogP contribution in [-0.2, 0) is 14.0 Å². The summed E-state index contributed by atoms with van der Waals surface area (Å²) in [5, 5.41) is 5.52. The number of amides is 2. The molecule has 0 bridgehead atoms. The maximum atomic E-state index is 13.1. The Labute approximate surface area is 208 Å². The number of imide groups is 1. The van der Waals surface area contributed by atoms with Gasteiger partial charge in [-0.15, -0.1) is 0 Å². The molecule has 0 saturated carbocycles. The first-order chi connectivity index (χ1) is 16.4. The van der Waals surface area contributed by atoms with Gasteiger partial charge in [-0.05, 0) is 41.7 Å². The maximum absolute atomic E-state index is 13.1. The minimum atomic E-state index is -3.00. The zero-order chi connectivity index (χ0) is 25.9. The molecule has 0 radical (unpaired) electrons. The number of azide groups is 1. The van der Waals surface area contributed by atoms with Crippen LogP contribution in [0.2, 0.25) is 5.04 Å². The Bertz CT molecular complexity index is 1050. The molecule has 3 rings (SSSR count). The lowest BCUT2D eigenvalue weighted by Crippen LogP contribution is -2.68. The van der Waals surface area contributed by atoms with Crippen LogP contribution in [0.5, 0.6) is 0 Å². The lowest BCUT2D eigenvalue weighted by atomic mass is 10.2. The molecule has 35 heavy (non-hydrogen) atoms. The fraction of sp³-hybridized carbons (Fsp3) is 0.462. The van der Waals surface area contributed by atoms with Crippen molar-refractivity contribution in [3.8, 4) is 0 Å². The molecule has 2 atom stereocenters. The Morgan fingerprint density at radius 1 is 1.03 bits per heavy atom. The topological polar surface area (TPSA) is 105 Å². The Morgan fingerprint density at radius 2 is 1.54 bits per heavy atom. The van der Waals surface area contributed by atoms with Crippen LogP contribution in [0.25, 0.3) is 10.4 Å². The number of rotatable bonds is 6. The quantitative estimate of drug-likeness (QED) is 0.249. The summed E-state index contributed by atoms with van der Waals surface area (Å²) in [5.74, 6) is -0.402. The molecule has 2 aromatic rings. The van der Waals surface area contributed by atoms with Crippen molar-refractivity contribution < 1.29 is 18.8 Å². The van der Waals surface area contributed by atoms with Gasteiger partial charge in [-0.1, -0.05) is 86.5 Å². The maximum Gasteiger partial charge on any atom is 0.417 e. The van der Waals surface area contributed by atoms with E-state index in [2.05, 4.69) is 55.1 Å². The molecular weight excluding hydrogens is 460 g/mol. The van der Waals surface area contributed by atoms with Crippen molar-refractivity contribution in [1.82, 2.24) is 4.90 Å². The Balaban J connectivity index is 2.13. The van der Waals surface area contributed by atoms with Crippen LogP contribution < -0.4 is 10.4 Å². The van der Waals surface area contributed by atoms with Crippen molar-refractivity contribution in [3.05, 3.63) is 71.1 Å². The predicted molar refractivity (Wildman–Crippen MR) is 138 cm³/mol. The number of benzene rings is 2. The van der Waals surface area contributed by atoms with E-state index in [0.717, 1.165) is 15.3 Å². The summed E-state index contributed by atoms with van der Waals surface area (Å²) in [5.41, 5.74) is 8.23. The fourth-order valence-corrected chi connectivity index (χ4v) is 9.37. The van der Waals surface area contributed by atoms with Gasteiger partial charge >= 0.3 is 6.09 Å². The van der Waals surface area contributed by atoms with Gasteiger partial charge in [0.1, 0.15) is 5.60 Å². The zero-order valence-electron chi connectivity index (χ0n) is 21.3. The third kappa shape index (κ3) is 5.58. The highest BCUT2D eigenvalue weighted by Gasteiger charge is 2.55. The first-order valence-corrected chi connectivity index (χ1v) is 13.7. The van der Waals surface area contributed by atoms with E-state index in [9.17, 15) is 9.59 Å². The lowest BCUT2D eigenvalue weighted by Gasteiger charge is -2.45. The molecule has 0 aliphatic carbocycles. The first-order valence-electron chi connectivity index (χ1n) is 11.8. The summed E-state index contributed by atoms with van der Waals surface area (Å²) >= 11 is 0. The monoisotopic (exact) mass is 494 g/mol.